The van der Waals surface area contributed by atoms with Crippen molar-refractivity contribution in [2.75, 3.05) is 72.0 Å². The normalized spacial score (nSPS) is 27.2. The zero-order chi connectivity index (χ0) is 46.1. The van der Waals surface area contributed by atoms with E-state index in [1.54, 1.807) is 0 Å². The van der Waals surface area contributed by atoms with E-state index in [0.717, 1.165) is 12.8 Å². The van der Waals surface area contributed by atoms with E-state index in [0.29, 0.717) is 38.8 Å². The second-order valence-electron chi connectivity index (χ2n) is 16.1. The molecule has 0 aromatic heterocycles. The summed E-state index contributed by atoms with van der Waals surface area (Å²) in [4.78, 5) is 158. The number of nitrogens with zero attached hydrogens (tertiary/aromatic N) is 2. The number of carbonyl (C=O) groups is 12. The van der Waals surface area contributed by atoms with E-state index in [-0.39, 0.29) is 31.2 Å². The van der Waals surface area contributed by atoms with Crippen LogP contribution in [0, 0.1) is 11.8 Å². The summed E-state index contributed by atoms with van der Waals surface area (Å²) < 4.78 is 0. The van der Waals surface area contributed by atoms with Crippen LogP contribution in [-0.4, -0.2) is 170 Å². The van der Waals surface area contributed by atoms with E-state index in [9.17, 15) is 57.5 Å². The standard InChI is InChI=1S/C39H60N12O12/c1-3-23(2)24-8-6-10-39(24)38(63)47-21-34(59)48-25(37(62)50-11-4-5-12-50)14-27(52)40-15-28(53)41-16-29(54)42-17-30(55)43-18-31(56)44-19-32(57)45-20-33(58)46-22-35(60)51-13-7-9-26(51)36(61)49-39/h23-26H,3-22H2,1-2H3,(H,40,52)(H,41,53)(H,42,54)(H,43,55)(H,44,56)(H,45,57)(H,46,58)(H,47,63)(H,48,59)(H,49,61). The lowest BCUT2D eigenvalue weighted by atomic mass is 9.76. The number of likely N-dealkylation sites (tertiary alicyclic amines) is 1. The quantitative estimate of drug-likeness (QED) is 0.127. The Bertz CT molecular complexity index is 1790. The van der Waals surface area contributed by atoms with E-state index in [1.807, 2.05) is 13.8 Å². The highest BCUT2D eigenvalue weighted by Crippen LogP contribution is 2.42. The van der Waals surface area contributed by atoms with Crippen molar-refractivity contribution < 1.29 is 57.5 Å². The van der Waals surface area contributed by atoms with Gasteiger partial charge in [-0.15, -0.1) is 0 Å². The zero-order valence-corrected chi connectivity index (χ0v) is 35.7. The molecule has 0 aromatic carbocycles. The summed E-state index contributed by atoms with van der Waals surface area (Å²) in [5.74, 6) is -8.83. The SMILES string of the molecule is CCC(C)C1CCCC12NC(=O)C1CCCN1C(=O)CNC(=O)CNC(=O)CNC(=O)CNC(=O)CNC(=O)CNC(=O)CNC(=O)CC(C(=O)N1CCCC1)NC(=O)CNC2=O. The van der Waals surface area contributed by atoms with Crippen molar-refractivity contribution in [1.82, 2.24) is 63.0 Å². The van der Waals surface area contributed by atoms with Crippen LogP contribution in [0.5, 0.6) is 0 Å². The van der Waals surface area contributed by atoms with Gasteiger partial charge in [-0.1, -0.05) is 26.7 Å². The Balaban J connectivity index is 1.50. The van der Waals surface area contributed by atoms with Crippen molar-refractivity contribution in [2.24, 2.45) is 11.8 Å². The first kappa shape index (κ1) is 49.3. The predicted octanol–water partition coefficient (Wildman–Crippen LogP) is -5.88. The van der Waals surface area contributed by atoms with Crippen molar-refractivity contribution in [3.63, 3.8) is 0 Å². The fourth-order valence-electron chi connectivity index (χ4n) is 8.13. The molecule has 0 radical (unpaired) electrons. The first-order chi connectivity index (χ1) is 30.0. The van der Waals surface area contributed by atoms with Crippen LogP contribution in [0.2, 0.25) is 0 Å². The summed E-state index contributed by atoms with van der Waals surface area (Å²) >= 11 is 0. The van der Waals surface area contributed by atoms with Crippen molar-refractivity contribution in [1.29, 1.82) is 0 Å². The lowest BCUT2D eigenvalue weighted by Crippen LogP contribution is -2.65. The van der Waals surface area contributed by atoms with Crippen LogP contribution in [0.4, 0.5) is 0 Å². The van der Waals surface area contributed by atoms with Crippen molar-refractivity contribution >= 4 is 70.9 Å². The van der Waals surface area contributed by atoms with Crippen LogP contribution in [0.25, 0.3) is 0 Å². The molecular weight excluding hydrogens is 829 g/mol. The smallest absolute Gasteiger partial charge is 0.246 e. The van der Waals surface area contributed by atoms with Gasteiger partial charge in [-0.05, 0) is 50.4 Å². The second kappa shape index (κ2) is 23.7. The first-order valence-corrected chi connectivity index (χ1v) is 21.4. The molecule has 3 aliphatic heterocycles. The van der Waals surface area contributed by atoms with Gasteiger partial charge in [0.1, 0.15) is 17.6 Å². The Morgan fingerprint density at radius 1 is 0.587 bits per heavy atom. The second-order valence-corrected chi connectivity index (χ2v) is 16.1. The van der Waals surface area contributed by atoms with Crippen LogP contribution >= 0.6 is 0 Å². The molecule has 0 aromatic rings. The molecule has 1 saturated carbocycles. The van der Waals surface area contributed by atoms with E-state index in [1.165, 1.54) is 9.80 Å². The first-order valence-electron chi connectivity index (χ1n) is 21.4. The number of rotatable bonds is 3. The van der Waals surface area contributed by atoms with Gasteiger partial charge >= 0.3 is 0 Å². The molecule has 1 aliphatic carbocycles. The molecule has 4 fully saturated rings. The summed E-state index contributed by atoms with van der Waals surface area (Å²) in [6, 6.07) is -2.33. The molecular formula is C39H60N12O12. The lowest BCUT2D eigenvalue weighted by Gasteiger charge is -2.39. The molecule has 3 saturated heterocycles. The average Bonchev–Trinajstić information content (AvgIpc) is 4.07. The van der Waals surface area contributed by atoms with E-state index in [2.05, 4.69) is 53.2 Å². The van der Waals surface area contributed by atoms with Gasteiger partial charge in [0.15, 0.2) is 0 Å². The summed E-state index contributed by atoms with van der Waals surface area (Å²) in [7, 11) is 0. The number of amides is 12. The molecule has 4 rings (SSSR count). The molecule has 5 atom stereocenters. The Hall–Kier alpha value is -6.36. The Morgan fingerprint density at radius 2 is 1.06 bits per heavy atom. The zero-order valence-electron chi connectivity index (χ0n) is 35.7. The summed E-state index contributed by atoms with van der Waals surface area (Å²) in [5, 5.41) is 24.2. The van der Waals surface area contributed by atoms with Crippen molar-refractivity contribution in [3.05, 3.63) is 0 Å². The van der Waals surface area contributed by atoms with Crippen molar-refractivity contribution in [2.45, 2.75) is 89.3 Å². The number of hydrogen-bond acceptors (Lipinski definition) is 12. The fourth-order valence-corrected chi connectivity index (χ4v) is 8.13. The third-order valence-corrected chi connectivity index (χ3v) is 11.6. The van der Waals surface area contributed by atoms with Gasteiger partial charge in [0.2, 0.25) is 70.9 Å². The number of fused-ring (bicyclic) bond motifs is 1. The topological polar surface area (TPSA) is 332 Å². The maximum atomic E-state index is 14.2. The van der Waals surface area contributed by atoms with Gasteiger partial charge in [0, 0.05) is 19.6 Å². The minimum absolute atomic E-state index is 0.0330. The molecule has 0 bridgehead atoms. The highest BCUT2D eigenvalue weighted by Gasteiger charge is 2.53. The van der Waals surface area contributed by atoms with Gasteiger partial charge in [-0.25, -0.2) is 0 Å². The van der Waals surface area contributed by atoms with Gasteiger partial charge in [0.25, 0.3) is 0 Å². The lowest BCUT2D eigenvalue weighted by molar-refractivity contribution is -0.142. The van der Waals surface area contributed by atoms with Gasteiger partial charge in [-0.3, -0.25) is 57.5 Å². The highest BCUT2D eigenvalue weighted by atomic mass is 16.2. The van der Waals surface area contributed by atoms with Gasteiger partial charge in [0.05, 0.1) is 58.8 Å². The molecule has 10 N–H and O–H groups in total. The number of hydrogen-bond donors (Lipinski definition) is 10. The largest absolute Gasteiger partial charge is 0.347 e. The summed E-state index contributed by atoms with van der Waals surface area (Å²) in [5.41, 5.74) is -1.45. The van der Waals surface area contributed by atoms with E-state index in [4.69, 9.17) is 0 Å². The number of nitrogens with one attached hydrogen (secondary N) is 10. The van der Waals surface area contributed by atoms with Crippen LogP contribution in [0.3, 0.4) is 0 Å². The molecule has 12 amide bonds. The maximum absolute atomic E-state index is 14.2. The highest BCUT2D eigenvalue weighted by molar-refractivity contribution is 5.99. The summed E-state index contributed by atoms with van der Waals surface area (Å²) in [6.07, 6.45) is 3.75. The Labute approximate surface area is 364 Å². The van der Waals surface area contributed by atoms with Gasteiger partial charge in [-0.2, -0.15) is 0 Å². The van der Waals surface area contributed by atoms with Crippen LogP contribution in [-0.2, 0) is 57.5 Å². The third kappa shape index (κ3) is 14.6. The molecule has 4 aliphatic rings. The van der Waals surface area contributed by atoms with Crippen LogP contribution < -0.4 is 53.2 Å². The predicted molar refractivity (Wildman–Crippen MR) is 219 cm³/mol. The monoisotopic (exact) mass is 888 g/mol. The summed E-state index contributed by atoms with van der Waals surface area (Å²) in [6.45, 7) is 0.437. The van der Waals surface area contributed by atoms with Crippen molar-refractivity contribution in [3.8, 4) is 0 Å². The molecule has 24 nitrogen and oxygen atoms in total. The van der Waals surface area contributed by atoms with Crippen LogP contribution in [0.1, 0.15) is 71.6 Å². The molecule has 348 valence electrons. The van der Waals surface area contributed by atoms with E-state index >= 15 is 0 Å². The Morgan fingerprint density at radius 3 is 1.57 bits per heavy atom. The molecule has 1 spiro atoms. The third-order valence-electron chi connectivity index (χ3n) is 11.6. The molecule has 63 heavy (non-hydrogen) atoms. The molecule has 5 unspecified atom stereocenters. The fraction of sp³-hybridized carbons (Fsp3) is 0.692. The molecule has 24 heteroatoms. The number of carbonyl (C=O) groups excluding carboxylic acids is 12. The minimum Gasteiger partial charge on any atom is -0.347 e. The minimum atomic E-state index is -1.45. The van der Waals surface area contributed by atoms with Gasteiger partial charge < -0.3 is 63.0 Å². The molecule has 3 heterocycles. The Kier molecular flexibility index (Phi) is 18.6. The maximum Gasteiger partial charge on any atom is 0.246 e. The van der Waals surface area contributed by atoms with Crippen LogP contribution in [0.15, 0.2) is 0 Å². The van der Waals surface area contributed by atoms with E-state index < -0.39 is 147 Å². The average molecular weight is 889 g/mol.